The molecule has 0 bridgehead atoms. The van der Waals surface area contributed by atoms with Crippen molar-refractivity contribution in [3.05, 3.63) is 35.5 Å². The number of hydrogen-bond acceptors (Lipinski definition) is 1. The van der Waals surface area contributed by atoms with Gasteiger partial charge in [0.2, 0.25) is 0 Å². The van der Waals surface area contributed by atoms with Gasteiger partial charge in [0.25, 0.3) is 0 Å². The van der Waals surface area contributed by atoms with Crippen LogP contribution in [0.4, 0.5) is 0 Å². The maximum atomic E-state index is 5.88. The number of nitrogens with zero attached hydrogens (tertiary/aromatic N) is 1. The SMILES string of the molecule is CC(N)CCn1c2c(c3ccccc31)CCC2. The third-order valence-electron chi connectivity index (χ3n) is 3.84. The molecule has 17 heavy (non-hydrogen) atoms. The summed E-state index contributed by atoms with van der Waals surface area (Å²) in [5.74, 6) is 0. The first-order valence-electron chi connectivity index (χ1n) is 6.62. The van der Waals surface area contributed by atoms with Crippen LogP contribution in [0, 0.1) is 0 Å². The number of nitrogens with two attached hydrogens (primary N) is 1. The van der Waals surface area contributed by atoms with Gasteiger partial charge in [0.15, 0.2) is 0 Å². The van der Waals surface area contributed by atoms with Gasteiger partial charge in [-0.1, -0.05) is 18.2 Å². The lowest BCUT2D eigenvalue weighted by Gasteiger charge is -2.11. The predicted molar refractivity (Wildman–Crippen MR) is 72.2 cm³/mol. The molecule has 1 atom stereocenters. The van der Waals surface area contributed by atoms with Gasteiger partial charge < -0.3 is 10.3 Å². The molecule has 3 rings (SSSR count). The molecule has 0 fully saturated rings. The quantitative estimate of drug-likeness (QED) is 0.860. The van der Waals surface area contributed by atoms with E-state index >= 15 is 0 Å². The summed E-state index contributed by atoms with van der Waals surface area (Å²) >= 11 is 0. The Kier molecular flexibility index (Phi) is 2.67. The first-order valence-corrected chi connectivity index (χ1v) is 6.62. The van der Waals surface area contributed by atoms with Gasteiger partial charge in [0, 0.05) is 29.2 Å². The minimum absolute atomic E-state index is 0.285. The van der Waals surface area contributed by atoms with Crippen LogP contribution in [-0.4, -0.2) is 10.6 Å². The van der Waals surface area contributed by atoms with Crippen molar-refractivity contribution in [2.45, 2.75) is 45.2 Å². The van der Waals surface area contributed by atoms with Crippen LogP contribution >= 0.6 is 0 Å². The van der Waals surface area contributed by atoms with Crippen LogP contribution in [0.3, 0.4) is 0 Å². The Labute approximate surface area is 102 Å². The Balaban J connectivity index is 2.09. The maximum absolute atomic E-state index is 5.88. The van der Waals surface area contributed by atoms with Crippen molar-refractivity contribution in [3.8, 4) is 0 Å². The Morgan fingerprint density at radius 2 is 2.12 bits per heavy atom. The molecule has 0 spiro atoms. The first kappa shape index (κ1) is 10.8. The molecule has 1 unspecified atom stereocenters. The van der Waals surface area contributed by atoms with E-state index in [2.05, 4.69) is 35.8 Å². The molecular weight excluding hydrogens is 208 g/mol. The third-order valence-corrected chi connectivity index (χ3v) is 3.84. The van der Waals surface area contributed by atoms with E-state index in [0.717, 1.165) is 13.0 Å². The van der Waals surface area contributed by atoms with Crippen molar-refractivity contribution in [2.24, 2.45) is 5.73 Å². The van der Waals surface area contributed by atoms with E-state index < -0.39 is 0 Å². The number of hydrogen-bond donors (Lipinski definition) is 1. The van der Waals surface area contributed by atoms with Crippen LogP contribution in [0.1, 0.15) is 31.0 Å². The van der Waals surface area contributed by atoms with Gasteiger partial charge in [-0.15, -0.1) is 0 Å². The summed E-state index contributed by atoms with van der Waals surface area (Å²) in [7, 11) is 0. The van der Waals surface area contributed by atoms with Gasteiger partial charge in [0.1, 0.15) is 0 Å². The molecule has 0 saturated heterocycles. The largest absolute Gasteiger partial charge is 0.344 e. The van der Waals surface area contributed by atoms with Crippen LogP contribution < -0.4 is 5.73 Å². The summed E-state index contributed by atoms with van der Waals surface area (Å²) in [6.45, 7) is 3.15. The molecule has 0 saturated carbocycles. The Morgan fingerprint density at radius 3 is 2.94 bits per heavy atom. The number of aromatic nitrogens is 1. The number of rotatable bonds is 3. The second-order valence-corrected chi connectivity index (χ2v) is 5.21. The Hall–Kier alpha value is -1.28. The van der Waals surface area contributed by atoms with E-state index in [9.17, 15) is 0 Å². The van der Waals surface area contributed by atoms with Crippen LogP contribution in [-0.2, 0) is 19.4 Å². The summed E-state index contributed by atoms with van der Waals surface area (Å²) in [5.41, 5.74) is 10.4. The van der Waals surface area contributed by atoms with Crippen LogP contribution in [0.25, 0.3) is 10.9 Å². The average Bonchev–Trinajstić information content (AvgIpc) is 2.87. The molecule has 2 N–H and O–H groups in total. The van der Waals surface area contributed by atoms with Crippen molar-refractivity contribution >= 4 is 10.9 Å². The van der Waals surface area contributed by atoms with E-state index in [1.165, 1.54) is 30.2 Å². The zero-order valence-electron chi connectivity index (χ0n) is 10.4. The highest BCUT2D eigenvalue weighted by Gasteiger charge is 2.20. The smallest absolute Gasteiger partial charge is 0.0485 e. The summed E-state index contributed by atoms with van der Waals surface area (Å²) < 4.78 is 2.50. The lowest BCUT2D eigenvalue weighted by Crippen LogP contribution is -2.18. The predicted octanol–water partition coefficient (Wildman–Crippen LogP) is 2.87. The van der Waals surface area contributed by atoms with Gasteiger partial charge in [-0.05, 0) is 44.2 Å². The van der Waals surface area contributed by atoms with Gasteiger partial charge in [-0.25, -0.2) is 0 Å². The topological polar surface area (TPSA) is 30.9 Å². The van der Waals surface area contributed by atoms with Crippen LogP contribution in [0.5, 0.6) is 0 Å². The lowest BCUT2D eigenvalue weighted by atomic mass is 10.1. The number of aryl methyl sites for hydroxylation is 2. The summed E-state index contributed by atoms with van der Waals surface area (Å²) in [6, 6.07) is 9.08. The second kappa shape index (κ2) is 4.19. The fourth-order valence-corrected chi connectivity index (χ4v) is 3.01. The molecule has 2 aromatic rings. The van der Waals surface area contributed by atoms with Crippen LogP contribution in [0.15, 0.2) is 24.3 Å². The molecule has 1 heterocycles. The van der Waals surface area contributed by atoms with Crippen molar-refractivity contribution in [2.75, 3.05) is 0 Å². The molecule has 1 aromatic carbocycles. The average molecular weight is 228 g/mol. The van der Waals surface area contributed by atoms with Gasteiger partial charge >= 0.3 is 0 Å². The highest BCUT2D eigenvalue weighted by atomic mass is 15.0. The molecule has 1 aliphatic rings. The molecule has 0 amide bonds. The number of para-hydroxylation sites is 1. The van der Waals surface area contributed by atoms with E-state index in [0.29, 0.717) is 0 Å². The zero-order chi connectivity index (χ0) is 11.8. The summed E-state index contributed by atoms with van der Waals surface area (Å²) in [6.07, 6.45) is 4.86. The Bertz CT molecular complexity index is 537. The highest BCUT2D eigenvalue weighted by Crippen LogP contribution is 2.33. The molecule has 1 aliphatic carbocycles. The normalized spacial score (nSPS) is 16.4. The lowest BCUT2D eigenvalue weighted by molar-refractivity contribution is 0.570. The maximum Gasteiger partial charge on any atom is 0.0485 e. The minimum Gasteiger partial charge on any atom is -0.344 e. The Morgan fingerprint density at radius 1 is 1.29 bits per heavy atom. The van der Waals surface area contributed by atoms with Gasteiger partial charge in [-0.3, -0.25) is 0 Å². The summed E-state index contributed by atoms with van der Waals surface area (Å²) in [5, 5.41) is 1.46. The third kappa shape index (κ3) is 1.77. The van der Waals surface area contributed by atoms with E-state index in [4.69, 9.17) is 5.73 Å². The van der Waals surface area contributed by atoms with Crippen molar-refractivity contribution in [1.29, 1.82) is 0 Å². The zero-order valence-corrected chi connectivity index (χ0v) is 10.4. The molecule has 0 radical (unpaired) electrons. The van der Waals surface area contributed by atoms with Crippen molar-refractivity contribution < 1.29 is 0 Å². The fraction of sp³-hybridized carbons (Fsp3) is 0.467. The summed E-state index contributed by atoms with van der Waals surface area (Å²) in [4.78, 5) is 0. The minimum atomic E-state index is 0.285. The molecule has 2 nitrogen and oxygen atoms in total. The van der Waals surface area contributed by atoms with Crippen molar-refractivity contribution in [1.82, 2.24) is 4.57 Å². The van der Waals surface area contributed by atoms with Crippen LogP contribution in [0.2, 0.25) is 0 Å². The van der Waals surface area contributed by atoms with E-state index in [1.807, 2.05) is 0 Å². The number of benzene rings is 1. The first-order chi connectivity index (χ1) is 8.27. The number of fused-ring (bicyclic) bond motifs is 3. The standard InChI is InChI=1S/C15H20N2/c1-11(16)9-10-17-14-7-3-2-5-12(14)13-6-4-8-15(13)17/h2-3,5,7,11H,4,6,8-10,16H2,1H3. The van der Waals surface area contributed by atoms with Gasteiger partial charge in [-0.2, -0.15) is 0 Å². The highest BCUT2D eigenvalue weighted by molar-refractivity contribution is 5.86. The molecular formula is C15H20N2. The van der Waals surface area contributed by atoms with E-state index in [1.54, 1.807) is 11.3 Å². The molecule has 90 valence electrons. The van der Waals surface area contributed by atoms with Crippen molar-refractivity contribution in [3.63, 3.8) is 0 Å². The molecule has 2 heteroatoms. The van der Waals surface area contributed by atoms with E-state index in [-0.39, 0.29) is 6.04 Å². The molecule has 1 aromatic heterocycles. The molecule has 0 aliphatic heterocycles. The fourth-order valence-electron chi connectivity index (χ4n) is 3.01. The monoisotopic (exact) mass is 228 g/mol. The van der Waals surface area contributed by atoms with Gasteiger partial charge in [0.05, 0.1) is 0 Å². The second-order valence-electron chi connectivity index (χ2n) is 5.21.